The number of thiazole rings is 1. The van der Waals surface area contributed by atoms with Gasteiger partial charge in [-0.25, -0.2) is 4.98 Å². The predicted octanol–water partition coefficient (Wildman–Crippen LogP) is 3.82. The zero-order valence-electron chi connectivity index (χ0n) is 10.6. The summed E-state index contributed by atoms with van der Waals surface area (Å²) in [5, 5.41) is 3.34. The van der Waals surface area contributed by atoms with Crippen molar-refractivity contribution in [3.8, 4) is 11.3 Å². The van der Waals surface area contributed by atoms with Gasteiger partial charge in [0.05, 0.1) is 16.5 Å². The summed E-state index contributed by atoms with van der Waals surface area (Å²) in [6.45, 7) is 3.51. The molecule has 0 radical (unpaired) electrons. The minimum Gasteiger partial charge on any atom is -0.464 e. The Balaban J connectivity index is 2.22. The summed E-state index contributed by atoms with van der Waals surface area (Å²) < 4.78 is 6.52. The maximum Gasteiger partial charge on any atom is 0.223 e. The zero-order chi connectivity index (χ0) is 13.4. The van der Waals surface area contributed by atoms with Gasteiger partial charge in [0.15, 0.2) is 5.13 Å². The highest BCUT2D eigenvalue weighted by Crippen LogP contribution is 2.37. The first-order chi connectivity index (χ1) is 9.15. The molecule has 2 aromatic heterocycles. The lowest BCUT2D eigenvalue weighted by atomic mass is 10.1. The molecule has 2 heterocycles. The molecule has 0 aliphatic carbocycles. The van der Waals surface area contributed by atoms with Crippen LogP contribution >= 0.6 is 11.3 Å². The van der Waals surface area contributed by atoms with Gasteiger partial charge in [-0.05, 0) is 30.7 Å². The van der Waals surface area contributed by atoms with Gasteiger partial charge in [0.25, 0.3) is 0 Å². The lowest BCUT2D eigenvalue weighted by Gasteiger charge is -2.02. The molecule has 0 atom stereocenters. The molecule has 0 bridgehead atoms. The zero-order valence-corrected chi connectivity index (χ0v) is 11.4. The van der Waals surface area contributed by atoms with Crippen LogP contribution in [0.15, 0.2) is 34.9 Å². The summed E-state index contributed by atoms with van der Waals surface area (Å²) in [5.41, 5.74) is 3.03. The average Bonchev–Trinajstić information content (AvgIpc) is 2.96. The molecular formula is C14H12N2O2S. The highest BCUT2D eigenvalue weighted by Gasteiger charge is 2.14. The lowest BCUT2D eigenvalue weighted by Crippen LogP contribution is -2.04. The first-order valence-corrected chi connectivity index (χ1v) is 6.68. The molecule has 19 heavy (non-hydrogen) atoms. The van der Waals surface area contributed by atoms with Gasteiger partial charge < -0.3 is 9.73 Å². The molecule has 1 amide bonds. The topological polar surface area (TPSA) is 55.1 Å². The largest absolute Gasteiger partial charge is 0.464 e. The van der Waals surface area contributed by atoms with E-state index in [0.717, 1.165) is 27.1 Å². The van der Waals surface area contributed by atoms with Gasteiger partial charge >= 0.3 is 0 Å². The standard InChI is InChI=1S/C14H12N2O2S/c1-8-5-6-10-13(12(8)11-4-3-7-18-11)19-14(16-10)15-9(2)17/h3-7H,1-2H3,(H,15,16,17). The van der Waals surface area contributed by atoms with Crippen molar-refractivity contribution in [2.75, 3.05) is 5.32 Å². The van der Waals surface area contributed by atoms with Crippen LogP contribution in [-0.2, 0) is 4.79 Å². The molecule has 3 rings (SSSR count). The summed E-state index contributed by atoms with van der Waals surface area (Å²) in [4.78, 5) is 15.5. The number of hydrogen-bond donors (Lipinski definition) is 1. The van der Waals surface area contributed by atoms with Crippen LogP contribution in [0.2, 0.25) is 0 Å². The van der Waals surface area contributed by atoms with E-state index in [1.54, 1.807) is 6.26 Å². The second-order valence-electron chi connectivity index (χ2n) is 4.28. The molecule has 96 valence electrons. The third-order valence-corrected chi connectivity index (χ3v) is 3.82. The van der Waals surface area contributed by atoms with Crippen molar-refractivity contribution in [1.29, 1.82) is 0 Å². The molecule has 0 saturated heterocycles. The summed E-state index contributed by atoms with van der Waals surface area (Å²) in [6, 6.07) is 7.76. The van der Waals surface area contributed by atoms with E-state index in [0.29, 0.717) is 5.13 Å². The smallest absolute Gasteiger partial charge is 0.223 e. The molecule has 3 aromatic rings. The van der Waals surface area contributed by atoms with E-state index in [9.17, 15) is 4.79 Å². The van der Waals surface area contributed by atoms with Crippen molar-refractivity contribution in [1.82, 2.24) is 4.98 Å². The van der Waals surface area contributed by atoms with Crippen LogP contribution in [0.25, 0.3) is 21.5 Å². The van der Waals surface area contributed by atoms with Gasteiger partial charge in [-0.2, -0.15) is 0 Å². The van der Waals surface area contributed by atoms with Crippen molar-refractivity contribution in [3.05, 3.63) is 36.1 Å². The van der Waals surface area contributed by atoms with E-state index in [2.05, 4.69) is 10.3 Å². The van der Waals surface area contributed by atoms with Crippen molar-refractivity contribution < 1.29 is 9.21 Å². The Kier molecular flexibility index (Phi) is 2.83. The molecule has 0 aliphatic heterocycles. The fourth-order valence-electron chi connectivity index (χ4n) is 2.02. The number of benzene rings is 1. The Morgan fingerprint density at radius 2 is 2.21 bits per heavy atom. The van der Waals surface area contributed by atoms with Crippen LogP contribution in [-0.4, -0.2) is 10.9 Å². The summed E-state index contributed by atoms with van der Waals surface area (Å²) >= 11 is 1.46. The fourth-order valence-corrected chi connectivity index (χ4v) is 3.14. The minimum absolute atomic E-state index is 0.115. The maximum atomic E-state index is 11.1. The number of amides is 1. The third kappa shape index (κ3) is 2.13. The number of aryl methyl sites for hydroxylation is 1. The lowest BCUT2D eigenvalue weighted by molar-refractivity contribution is -0.114. The SMILES string of the molecule is CC(=O)Nc1nc2ccc(C)c(-c3ccco3)c2s1. The Bertz CT molecular complexity index is 744. The second-order valence-corrected chi connectivity index (χ2v) is 5.28. The maximum absolute atomic E-state index is 11.1. The second kappa shape index (κ2) is 4.51. The number of anilines is 1. The Labute approximate surface area is 114 Å². The van der Waals surface area contributed by atoms with E-state index in [-0.39, 0.29) is 5.91 Å². The average molecular weight is 272 g/mol. The number of nitrogens with zero attached hydrogens (tertiary/aromatic N) is 1. The Morgan fingerprint density at radius 1 is 1.37 bits per heavy atom. The molecule has 1 N–H and O–H groups in total. The normalized spacial score (nSPS) is 10.8. The number of fused-ring (bicyclic) bond motifs is 1. The molecule has 1 aromatic carbocycles. The number of nitrogens with one attached hydrogen (secondary N) is 1. The van der Waals surface area contributed by atoms with Gasteiger partial charge in [-0.1, -0.05) is 17.4 Å². The molecule has 0 fully saturated rings. The number of furan rings is 1. The number of hydrogen-bond acceptors (Lipinski definition) is 4. The third-order valence-electron chi connectivity index (χ3n) is 2.82. The van der Waals surface area contributed by atoms with Gasteiger partial charge in [0, 0.05) is 12.5 Å². The van der Waals surface area contributed by atoms with Crippen molar-refractivity contribution in [3.63, 3.8) is 0 Å². The highest BCUT2D eigenvalue weighted by atomic mass is 32.1. The number of carbonyl (C=O) groups excluding carboxylic acids is 1. The molecule has 4 nitrogen and oxygen atoms in total. The van der Waals surface area contributed by atoms with E-state index in [1.807, 2.05) is 31.2 Å². The number of aromatic nitrogens is 1. The number of carbonyl (C=O) groups is 1. The monoisotopic (exact) mass is 272 g/mol. The Hall–Kier alpha value is -2.14. The van der Waals surface area contributed by atoms with Crippen LogP contribution in [0.1, 0.15) is 12.5 Å². The fraction of sp³-hybridized carbons (Fsp3) is 0.143. The molecule has 0 spiro atoms. The van der Waals surface area contributed by atoms with E-state index in [4.69, 9.17) is 4.42 Å². The van der Waals surface area contributed by atoms with Gasteiger partial charge in [0.1, 0.15) is 5.76 Å². The predicted molar refractivity (Wildman–Crippen MR) is 76.4 cm³/mol. The van der Waals surface area contributed by atoms with E-state index < -0.39 is 0 Å². The van der Waals surface area contributed by atoms with Crippen molar-refractivity contribution >= 4 is 32.6 Å². The van der Waals surface area contributed by atoms with Crippen molar-refractivity contribution in [2.45, 2.75) is 13.8 Å². The first-order valence-electron chi connectivity index (χ1n) is 5.87. The van der Waals surface area contributed by atoms with Gasteiger partial charge in [-0.3, -0.25) is 4.79 Å². The van der Waals surface area contributed by atoms with Crippen LogP contribution in [0.3, 0.4) is 0 Å². The van der Waals surface area contributed by atoms with E-state index >= 15 is 0 Å². The van der Waals surface area contributed by atoms with E-state index in [1.165, 1.54) is 18.3 Å². The molecule has 0 saturated carbocycles. The Morgan fingerprint density at radius 3 is 2.89 bits per heavy atom. The molecule has 5 heteroatoms. The quantitative estimate of drug-likeness (QED) is 0.771. The molecule has 0 unspecified atom stereocenters. The van der Waals surface area contributed by atoms with Crippen molar-refractivity contribution in [2.24, 2.45) is 0 Å². The summed E-state index contributed by atoms with van der Waals surface area (Å²) in [6.07, 6.45) is 1.66. The van der Waals surface area contributed by atoms with Crippen LogP contribution in [0, 0.1) is 6.92 Å². The minimum atomic E-state index is -0.115. The molecular weight excluding hydrogens is 260 g/mol. The highest BCUT2D eigenvalue weighted by molar-refractivity contribution is 7.22. The summed E-state index contributed by atoms with van der Waals surface area (Å²) in [5.74, 6) is 0.705. The van der Waals surface area contributed by atoms with Crippen LogP contribution in [0.4, 0.5) is 5.13 Å². The first kappa shape index (κ1) is 11.9. The van der Waals surface area contributed by atoms with Crippen LogP contribution in [0.5, 0.6) is 0 Å². The molecule has 0 aliphatic rings. The van der Waals surface area contributed by atoms with Gasteiger partial charge in [0.2, 0.25) is 5.91 Å². The summed E-state index contributed by atoms with van der Waals surface area (Å²) in [7, 11) is 0. The van der Waals surface area contributed by atoms with Gasteiger partial charge in [-0.15, -0.1) is 0 Å². The van der Waals surface area contributed by atoms with Crippen LogP contribution < -0.4 is 5.32 Å². The number of rotatable bonds is 2.